The Kier molecular flexibility index (Phi) is 3.43. The first kappa shape index (κ1) is 11.4. The summed E-state index contributed by atoms with van der Waals surface area (Å²) in [7, 11) is 0. The zero-order valence-corrected chi connectivity index (χ0v) is 10.8. The van der Waals surface area contributed by atoms with Crippen LogP contribution in [0.4, 0.5) is 0 Å². The van der Waals surface area contributed by atoms with Gasteiger partial charge in [-0.25, -0.2) is 4.98 Å². The standard InChI is InChI=1S/C11H18N4S/c1-7(10-14-9(3)6-16-10)4-12-11-13-5-8(2)15-11/h6-8H,4-5H2,1-3H3,(H2,12,13,15). The van der Waals surface area contributed by atoms with Crippen molar-refractivity contribution in [2.24, 2.45) is 4.99 Å². The van der Waals surface area contributed by atoms with Crippen LogP contribution < -0.4 is 10.6 Å². The van der Waals surface area contributed by atoms with Gasteiger partial charge in [0.2, 0.25) is 0 Å². The van der Waals surface area contributed by atoms with Crippen molar-refractivity contribution >= 4 is 17.3 Å². The summed E-state index contributed by atoms with van der Waals surface area (Å²) in [5, 5.41) is 9.90. The summed E-state index contributed by atoms with van der Waals surface area (Å²) < 4.78 is 0. The van der Waals surface area contributed by atoms with E-state index in [-0.39, 0.29) is 0 Å². The lowest BCUT2D eigenvalue weighted by molar-refractivity contribution is 0.682. The van der Waals surface area contributed by atoms with E-state index in [1.165, 1.54) is 5.01 Å². The van der Waals surface area contributed by atoms with Gasteiger partial charge < -0.3 is 10.6 Å². The Bertz CT molecular complexity index is 385. The van der Waals surface area contributed by atoms with Gasteiger partial charge in [-0.1, -0.05) is 6.92 Å². The molecule has 0 aromatic carbocycles. The van der Waals surface area contributed by atoms with E-state index < -0.39 is 0 Å². The molecule has 4 nitrogen and oxygen atoms in total. The normalized spacial score (nSPS) is 21.4. The highest BCUT2D eigenvalue weighted by atomic mass is 32.1. The largest absolute Gasteiger partial charge is 0.356 e. The summed E-state index contributed by atoms with van der Waals surface area (Å²) in [4.78, 5) is 8.85. The summed E-state index contributed by atoms with van der Waals surface area (Å²) in [6, 6.07) is 0.458. The van der Waals surface area contributed by atoms with Crippen molar-refractivity contribution in [3.63, 3.8) is 0 Å². The number of thiazole rings is 1. The fraction of sp³-hybridized carbons (Fsp3) is 0.636. The van der Waals surface area contributed by atoms with Crippen LogP contribution in [0.5, 0.6) is 0 Å². The molecule has 88 valence electrons. The van der Waals surface area contributed by atoms with Crippen molar-refractivity contribution in [3.05, 3.63) is 16.1 Å². The molecule has 0 aliphatic carbocycles. The van der Waals surface area contributed by atoms with E-state index in [9.17, 15) is 0 Å². The average molecular weight is 238 g/mol. The number of aryl methyl sites for hydroxylation is 1. The summed E-state index contributed by atoms with van der Waals surface area (Å²) in [6.45, 7) is 8.10. The lowest BCUT2D eigenvalue weighted by Crippen LogP contribution is -2.39. The molecule has 2 heterocycles. The molecule has 2 atom stereocenters. The lowest BCUT2D eigenvalue weighted by atomic mass is 10.2. The fourth-order valence-electron chi connectivity index (χ4n) is 1.60. The molecule has 1 aromatic rings. The number of guanidine groups is 1. The summed E-state index contributed by atoms with van der Waals surface area (Å²) >= 11 is 1.73. The van der Waals surface area contributed by atoms with E-state index in [0.717, 1.165) is 24.7 Å². The van der Waals surface area contributed by atoms with E-state index in [1.807, 2.05) is 6.92 Å². The minimum Gasteiger partial charge on any atom is -0.356 e. The highest BCUT2D eigenvalue weighted by Crippen LogP contribution is 2.18. The number of hydrogen-bond acceptors (Lipinski definition) is 5. The summed E-state index contributed by atoms with van der Waals surface area (Å²) in [5.41, 5.74) is 1.11. The number of hydrogen-bond donors (Lipinski definition) is 2. The molecular weight excluding hydrogens is 220 g/mol. The molecule has 1 aliphatic heterocycles. The maximum absolute atomic E-state index is 4.49. The van der Waals surface area contributed by atoms with E-state index in [0.29, 0.717) is 12.0 Å². The van der Waals surface area contributed by atoms with Gasteiger partial charge in [0.05, 0.1) is 11.6 Å². The first-order valence-corrected chi connectivity index (χ1v) is 6.50. The third kappa shape index (κ3) is 2.72. The number of nitrogens with one attached hydrogen (secondary N) is 2. The van der Waals surface area contributed by atoms with Crippen molar-refractivity contribution in [1.29, 1.82) is 0 Å². The molecule has 0 spiro atoms. The molecule has 0 saturated carbocycles. The second-order valence-corrected chi connectivity index (χ2v) is 5.23. The first-order chi connectivity index (χ1) is 7.65. The quantitative estimate of drug-likeness (QED) is 0.839. The van der Waals surface area contributed by atoms with Crippen molar-refractivity contribution in [3.8, 4) is 0 Å². The molecule has 2 rings (SSSR count). The van der Waals surface area contributed by atoms with E-state index in [4.69, 9.17) is 0 Å². The average Bonchev–Trinajstić information content (AvgIpc) is 2.84. The molecule has 1 aliphatic rings. The van der Waals surface area contributed by atoms with Crippen LogP contribution in [0, 0.1) is 6.92 Å². The first-order valence-electron chi connectivity index (χ1n) is 5.62. The predicted molar refractivity (Wildman–Crippen MR) is 68.2 cm³/mol. The van der Waals surface area contributed by atoms with Crippen LogP contribution >= 0.6 is 11.3 Å². The van der Waals surface area contributed by atoms with Crippen LogP contribution in [0.2, 0.25) is 0 Å². The minimum atomic E-state index is 0.430. The van der Waals surface area contributed by atoms with Crippen LogP contribution in [0.25, 0.3) is 0 Å². The highest BCUT2D eigenvalue weighted by molar-refractivity contribution is 7.09. The Labute approximate surface area is 100 Å². The van der Waals surface area contributed by atoms with Crippen molar-refractivity contribution < 1.29 is 0 Å². The third-order valence-electron chi connectivity index (χ3n) is 2.54. The third-order valence-corrected chi connectivity index (χ3v) is 3.73. The molecule has 5 heteroatoms. The molecular formula is C11H18N4S. The van der Waals surface area contributed by atoms with Gasteiger partial charge in [-0.3, -0.25) is 4.99 Å². The van der Waals surface area contributed by atoms with Gasteiger partial charge in [-0.15, -0.1) is 11.3 Å². The van der Waals surface area contributed by atoms with Gasteiger partial charge in [0, 0.05) is 29.6 Å². The van der Waals surface area contributed by atoms with E-state index >= 15 is 0 Å². The molecule has 2 unspecified atom stereocenters. The molecule has 2 N–H and O–H groups in total. The Hall–Kier alpha value is -1.10. The van der Waals surface area contributed by atoms with Crippen LogP contribution in [-0.2, 0) is 0 Å². The van der Waals surface area contributed by atoms with Gasteiger partial charge in [-0.2, -0.15) is 0 Å². The SMILES string of the molecule is Cc1csc(C(C)CNC2=NCC(C)N2)n1. The molecule has 0 saturated heterocycles. The number of rotatable bonds is 3. The second kappa shape index (κ2) is 4.82. The predicted octanol–water partition coefficient (Wildman–Crippen LogP) is 1.49. The van der Waals surface area contributed by atoms with Crippen LogP contribution in [0.1, 0.15) is 30.5 Å². The van der Waals surface area contributed by atoms with Crippen LogP contribution in [0.3, 0.4) is 0 Å². The summed E-state index contributed by atoms with van der Waals surface area (Å²) in [6.07, 6.45) is 0. The Morgan fingerprint density at radius 2 is 2.50 bits per heavy atom. The van der Waals surface area contributed by atoms with Gasteiger partial charge in [0.1, 0.15) is 0 Å². The van der Waals surface area contributed by atoms with E-state index in [1.54, 1.807) is 11.3 Å². The van der Waals surface area contributed by atoms with Gasteiger partial charge in [0.25, 0.3) is 0 Å². The molecule has 1 aromatic heterocycles. The molecule has 16 heavy (non-hydrogen) atoms. The van der Waals surface area contributed by atoms with E-state index in [2.05, 4.69) is 39.8 Å². The second-order valence-electron chi connectivity index (χ2n) is 4.34. The van der Waals surface area contributed by atoms with Crippen molar-refractivity contribution in [2.45, 2.75) is 32.7 Å². The van der Waals surface area contributed by atoms with Crippen molar-refractivity contribution in [2.75, 3.05) is 13.1 Å². The Morgan fingerprint density at radius 1 is 1.69 bits per heavy atom. The summed E-state index contributed by atoms with van der Waals surface area (Å²) in [5.74, 6) is 1.35. The number of aliphatic imine (C=N–C) groups is 1. The van der Waals surface area contributed by atoms with Crippen LogP contribution in [0.15, 0.2) is 10.4 Å². The number of nitrogens with zero attached hydrogens (tertiary/aromatic N) is 2. The van der Waals surface area contributed by atoms with Crippen LogP contribution in [-0.4, -0.2) is 30.1 Å². The molecule has 0 amide bonds. The monoisotopic (exact) mass is 238 g/mol. The van der Waals surface area contributed by atoms with Gasteiger partial charge in [0.15, 0.2) is 5.96 Å². The number of aromatic nitrogens is 1. The molecule has 0 bridgehead atoms. The Balaban J connectivity index is 1.82. The Morgan fingerprint density at radius 3 is 3.06 bits per heavy atom. The fourth-order valence-corrected chi connectivity index (χ4v) is 2.45. The topological polar surface area (TPSA) is 49.3 Å². The highest BCUT2D eigenvalue weighted by Gasteiger charge is 2.14. The van der Waals surface area contributed by atoms with Gasteiger partial charge >= 0.3 is 0 Å². The zero-order valence-electron chi connectivity index (χ0n) is 9.95. The zero-order chi connectivity index (χ0) is 11.5. The lowest BCUT2D eigenvalue weighted by Gasteiger charge is -2.12. The smallest absolute Gasteiger partial charge is 0.191 e. The molecule has 0 fully saturated rings. The maximum Gasteiger partial charge on any atom is 0.191 e. The maximum atomic E-state index is 4.49. The molecule has 0 radical (unpaired) electrons. The minimum absolute atomic E-state index is 0.430. The van der Waals surface area contributed by atoms with Gasteiger partial charge in [-0.05, 0) is 13.8 Å². The van der Waals surface area contributed by atoms with Crippen molar-refractivity contribution in [1.82, 2.24) is 15.6 Å².